The summed E-state index contributed by atoms with van der Waals surface area (Å²) in [5.41, 5.74) is 7.24. The van der Waals surface area contributed by atoms with Crippen LogP contribution in [-0.2, 0) is 5.41 Å². The molecule has 0 aliphatic carbocycles. The van der Waals surface area contributed by atoms with Crippen LogP contribution in [0.3, 0.4) is 0 Å². The van der Waals surface area contributed by atoms with E-state index in [1.807, 2.05) is 29.4 Å². The minimum Gasteiger partial charge on any atom is -0.717 e. The lowest BCUT2D eigenvalue weighted by atomic mass is 9.86. The van der Waals surface area contributed by atoms with Crippen LogP contribution in [0.25, 0.3) is 0 Å². The number of nitrogens with zero attached hydrogens (tertiary/aromatic N) is 4. The summed E-state index contributed by atoms with van der Waals surface area (Å²) in [5, 5.41) is 16.5. The molecule has 9 nitrogen and oxygen atoms in total. The van der Waals surface area contributed by atoms with Gasteiger partial charge in [0.05, 0.1) is 11.8 Å². The minimum absolute atomic E-state index is 0.00152. The van der Waals surface area contributed by atoms with Crippen LogP contribution in [0.5, 0.6) is 0 Å². The van der Waals surface area contributed by atoms with Gasteiger partial charge in [-0.3, -0.25) is 9.95 Å². The van der Waals surface area contributed by atoms with E-state index in [-0.39, 0.29) is 22.8 Å². The maximum atomic E-state index is 11.9. The number of amides is 1. The van der Waals surface area contributed by atoms with Gasteiger partial charge in [-0.25, -0.2) is 10.3 Å². The van der Waals surface area contributed by atoms with E-state index in [0.29, 0.717) is 11.4 Å². The molecule has 1 aliphatic heterocycles. The molecular weight excluding hydrogens is 382 g/mol. The summed E-state index contributed by atoms with van der Waals surface area (Å²) in [5.74, 6) is 0.229. The molecule has 9 heteroatoms. The Bertz CT molecular complexity index is 927. The van der Waals surface area contributed by atoms with Gasteiger partial charge in [0.15, 0.2) is 11.5 Å². The Morgan fingerprint density at radius 1 is 1.17 bits per heavy atom. The lowest BCUT2D eigenvalue weighted by molar-refractivity contribution is -0.372. The number of hydrogen-bond acceptors (Lipinski definition) is 6. The minimum atomic E-state index is -0.719. The molecule has 3 rings (SSSR count). The number of carbonyl (C=O) groups excluding carboxylic acids is 1. The zero-order chi connectivity index (χ0) is 21.9. The van der Waals surface area contributed by atoms with E-state index in [4.69, 9.17) is 5.73 Å². The molecular formula is C21H29N7O2. The summed E-state index contributed by atoms with van der Waals surface area (Å²) in [4.78, 5) is 24.9. The van der Waals surface area contributed by atoms with Crippen molar-refractivity contribution < 1.29 is 9.95 Å². The van der Waals surface area contributed by atoms with Crippen molar-refractivity contribution in [3.63, 3.8) is 0 Å². The SMILES string of the molecule is CN1CCN(c2cnc(C(N)=O)c(N/C(=[NH+]\[O-])c3ccc(C(C)(C)C)cc3)n2)CC1. The van der Waals surface area contributed by atoms with Gasteiger partial charge in [0.1, 0.15) is 0 Å². The molecule has 0 atom stereocenters. The average Bonchev–Trinajstić information content (AvgIpc) is 2.71. The number of hydrogen-bond donors (Lipinski definition) is 3. The second-order valence-corrected chi connectivity index (χ2v) is 8.51. The normalized spacial score (nSPS) is 15.9. The first-order chi connectivity index (χ1) is 14.2. The first-order valence-electron chi connectivity index (χ1n) is 9.92. The van der Waals surface area contributed by atoms with Gasteiger partial charge in [-0.15, -0.1) is 0 Å². The van der Waals surface area contributed by atoms with Crippen molar-refractivity contribution >= 4 is 23.4 Å². The largest absolute Gasteiger partial charge is 0.717 e. The number of likely N-dealkylation sites (N-methyl/N-ethyl adjacent to an activating group) is 1. The maximum absolute atomic E-state index is 11.9. The Morgan fingerprint density at radius 2 is 1.80 bits per heavy atom. The van der Waals surface area contributed by atoms with Gasteiger partial charge in [0.25, 0.3) is 17.6 Å². The molecule has 1 aliphatic rings. The summed E-state index contributed by atoms with van der Waals surface area (Å²) >= 11 is 0. The highest BCUT2D eigenvalue weighted by Gasteiger charge is 2.23. The lowest BCUT2D eigenvalue weighted by Crippen LogP contribution is -2.68. The number of amidine groups is 1. The Morgan fingerprint density at radius 3 is 2.33 bits per heavy atom. The third-order valence-corrected chi connectivity index (χ3v) is 5.21. The van der Waals surface area contributed by atoms with Crippen LogP contribution < -0.4 is 21.1 Å². The fourth-order valence-corrected chi connectivity index (χ4v) is 3.25. The van der Waals surface area contributed by atoms with Crippen molar-refractivity contribution in [1.82, 2.24) is 14.9 Å². The predicted molar refractivity (Wildman–Crippen MR) is 117 cm³/mol. The Kier molecular flexibility index (Phi) is 6.21. The Hall–Kier alpha value is -3.20. The monoisotopic (exact) mass is 411 g/mol. The molecule has 0 unspecified atom stereocenters. The van der Waals surface area contributed by atoms with E-state index in [9.17, 15) is 10.0 Å². The third kappa shape index (κ3) is 4.85. The van der Waals surface area contributed by atoms with E-state index in [1.54, 1.807) is 6.20 Å². The molecule has 1 saturated heterocycles. The summed E-state index contributed by atoms with van der Waals surface area (Å²) in [6.07, 6.45) is 1.54. The van der Waals surface area contributed by atoms with Gasteiger partial charge in [-0.2, -0.15) is 4.98 Å². The van der Waals surface area contributed by atoms with Crippen LogP contribution in [-0.4, -0.2) is 59.8 Å². The van der Waals surface area contributed by atoms with Gasteiger partial charge in [0.2, 0.25) is 0 Å². The van der Waals surface area contributed by atoms with Gasteiger partial charge >= 0.3 is 0 Å². The first-order valence-corrected chi connectivity index (χ1v) is 9.92. The second-order valence-electron chi connectivity index (χ2n) is 8.51. The van der Waals surface area contributed by atoms with Crippen molar-refractivity contribution in [2.75, 3.05) is 43.4 Å². The molecule has 1 amide bonds. The highest BCUT2D eigenvalue weighted by Crippen LogP contribution is 2.23. The topological polar surface area (TPSA) is 124 Å². The molecule has 1 aromatic heterocycles. The zero-order valence-corrected chi connectivity index (χ0v) is 17.9. The van der Waals surface area contributed by atoms with Crippen LogP contribution in [0, 0.1) is 5.21 Å². The fourth-order valence-electron chi connectivity index (χ4n) is 3.25. The average molecular weight is 412 g/mol. The predicted octanol–water partition coefficient (Wildman–Crippen LogP) is 0.0619. The van der Waals surface area contributed by atoms with Crippen LogP contribution in [0.4, 0.5) is 11.6 Å². The smallest absolute Gasteiger partial charge is 0.284 e. The second kappa shape index (κ2) is 8.66. The molecule has 2 heterocycles. The van der Waals surface area contributed by atoms with Crippen LogP contribution in [0.15, 0.2) is 30.5 Å². The van der Waals surface area contributed by atoms with E-state index < -0.39 is 5.91 Å². The van der Waals surface area contributed by atoms with Crippen LogP contribution in [0.2, 0.25) is 0 Å². The van der Waals surface area contributed by atoms with Crippen molar-refractivity contribution in [3.05, 3.63) is 52.5 Å². The van der Waals surface area contributed by atoms with Crippen molar-refractivity contribution in [1.29, 1.82) is 0 Å². The zero-order valence-electron chi connectivity index (χ0n) is 17.9. The van der Waals surface area contributed by atoms with E-state index in [0.717, 1.165) is 31.7 Å². The number of primary amides is 1. The number of nitrogens with two attached hydrogens (primary N) is 1. The molecule has 0 spiro atoms. The van der Waals surface area contributed by atoms with Gasteiger partial charge in [-0.1, -0.05) is 32.9 Å². The summed E-state index contributed by atoms with van der Waals surface area (Å²) in [6, 6.07) is 7.62. The Labute approximate surface area is 176 Å². The molecule has 1 fully saturated rings. The summed E-state index contributed by atoms with van der Waals surface area (Å²) in [7, 11) is 2.07. The molecule has 0 bridgehead atoms. The number of anilines is 2. The molecule has 0 radical (unpaired) electrons. The van der Waals surface area contributed by atoms with Crippen LogP contribution in [0.1, 0.15) is 42.4 Å². The van der Waals surface area contributed by atoms with Crippen molar-refractivity contribution in [2.45, 2.75) is 26.2 Å². The fraction of sp³-hybridized carbons (Fsp3) is 0.429. The lowest BCUT2D eigenvalue weighted by Gasteiger charge is -2.33. The first kappa shape index (κ1) is 21.5. The van der Waals surface area contributed by atoms with E-state index in [2.05, 4.69) is 52.9 Å². The van der Waals surface area contributed by atoms with E-state index in [1.165, 1.54) is 0 Å². The van der Waals surface area contributed by atoms with Crippen molar-refractivity contribution in [3.8, 4) is 0 Å². The number of nitrogens with one attached hydrogen (secondary N) is 2. The summed E-state index contributed by atoms with van der Waals surface area (Å²) in [6.45, 7) is 9.76. The van der Waals surface area contributed by atoms with Gasteiger partial charge in [0, 0.05) is 26.2 Å². The molecule has 4 N–H and O–H groups in total. The van der Waals surface area contributed by atoms with Crippen molar-refractivity contribution in [2.24, 2.45) is 5.73 Å². The molecule has 1 aromatic carbocycles. The molecule has 2 aromatic rings. The number of carbonyl (C=O) groups is 1. The number of benzene rings is 1. The molecule has 0 saturated carbocycles. The number of aromatic nitrogens is 2. The number of piperazine rings is 1. The van der Waals surface area contributed by atoms with E-state index >= 15 is 0 Å². The molecule has 30 heavy (non-hydrogen) atoms. The third-order valence-electron chi connectivity index (χ3n) is 5.21. The standard InChI is InChI=1S/C21H29N7O2/c1-21(2,3)15-7-5-14(6-8-15)19(26-30)25-20-17(18(22)29)23-13-16(24-20)28-11-9-27(4)10-12-28/h5-8,13H,9-12H2,1-4H3,(H4-,22,23,24,25,26,29,30). The van der Waals surface area contributed by atoms with Crippen LogP contribution >= 0.6 is 0 Å². The van der Waals surface area contributed by atoms with Gasteiger partial charge in [-0.05, 0) is 30.2 Å². The maximum Gasteiger partial charge on any atom is 0.284 e. The van der Waals surface area contributed by atoms with Gasteiger partial charge < -0.3 is 20.7 Å². The highest BCUT2D eigenvalue weighted by molar-refractivity contribution is 6.07. The number of rotatable bonds is 4. The quantitative estimate of drug-likeness (QED) is 0.281. The highest BCUT2D eigenvalue weighted by atomic mass is 16.4. The summed E-state index contributed by atoms with van der Waals surface area (Å²) < 4.78 is 0. The Balaban J connectivity index is 1.89. The molecule has 160 valence electrons.